The average Bonchev–Trinajstić information content (AvgIpc) is 2.98. The Morgan fingerprint density at radius 1 is 1.37 bits per heavy atom. The van der Waals surface area contributed by atoms with Crippen molar-refractivity contribution in [2.24, 2.45) is 0 Å². The summed E-state index contributed by atoms with van der Waals surface area (Å²) in [5, 5.41) is 8.77. The number of nitrogens with one attached hydrogen (secondary N) is 2. The minimum absolute atomic E-state index is 0.181. The van der Waals surface area contributed by atoms with E-state index in [9.17, 15) is 26.8 Å². The number of unbranched alkanes of at least 4 members (excludes halogenated alkanes) is 1. The van der Waals surface area contributed by atoms with Crippen molar-refractivity contribution in [3.63, 3.8) is 0 Å². The molecule has 0 radical (unpaired) electrons. The molecule has 0 spiro atoms. The summed E-state index contributed by atoms with van der Waals surface area (Å²) in [4.78, 5) is 23.2. The zero-order chi connectivity index (χ0) is 20.0. The first-order chi connectivity index (χ1) is 12.8. The number of anilines is 1. The van der Waals surface area contributed by atoms with E-state index >= 15 is 0 Å². The maximum Gasteiger partial charge on any atom is 0.343 e. The van der Waals surface area contributed by atoms with Gasteiger partial charge < -0.3 is 5.32 Å². The van der Waals surface area contributed by atoms with Crippen molar-refractivity contribution in [3.8, 4) is 0 Å². The fourth-order valence-corrected chi connectivity index (χ4v) is 3.82. The number of carbonyl (C=O) groups is 1. The van der Waals surface area contributed by atoms with Crippen molar-refractivity contribution in [1.82, 2.24) is 14.8 Å². The number of hydrogen-bond acceptors (Lipinski definition) is 6. The molecule has 1 aromatic heterocycles. The van der Waals surface area contributed by atoms with Crippen molar-refractivity contribution >= 4 is 33.2 Å². The monoisotopic (exact) mass is 420 g/mol. The molecule has 148 valence electrons. The van der Waals surface area contributed by atoms with Crippen molar-refractivity contribution in [3.05, 3.63) is 34.7 Å². The number of halogens is 2. The van der Waals surface area contributed by atoms with Crippen LogP contribution in [0.4, 0.5) is 14.5 Å². The van der Waals surface area contributed by atoms with Crippen LogP contribution >= 0.6 is 11.8 Å². The molecule has 0 saturated carbocycles. The molecule has 1 aromatic carbocycles. The molecule has 8 nitrogen and oxygen atoms in total. The summed E-state index contributed by atoms with van der Waals surface area (Å²) in [6, 6.07) is 4.93. The summed E-state index contributed by atoms with van der Waals surface area (Å²) in [6.07, 6.45) is 1.63. The van der Waals surface area contributed by atoms with Gasteiger partial charge in [-0.3, -0.25) is 9.36 Å². The number of aromatic nitrogens is 3. The number of aromatic amines is 1. The van der Waals surface area contributed by atoms with Crippen LogP contribution in [-0.4, -0.2) is 40.6 Å². The Morgan fingerprint density at radius 3 is 2.74 bits per heavy atom. The Morgan fingerprint density at radius 2 is 2.07 bits per heavy atom. The molecule has 2 aromatic rings. The normalized spacial score (nSPS) is 11.7. The Kier molecular flexibility index (Phi) is 7.13. The number of alkyl halides is 2. The lowest BCUT2D eigenvalue weighted by Gasteiger charge is -2.11. The number of H-pyrrole nitrogens is 1. The molecular formula is C15H18F2N4O4S2. The van der Waals surface area contributed by atoms with Gasteiger partial charge in [-0.1, -0.05) is 37.2 Å². The van der Waals surface area contributed by atoms with Crippen molar-refractivity contribution in [2.45, 2.75) is 42.1 Å². The van der Waals surface area contributed by atoms with Crippen LogP contribution in [0.2, 0.25) is 0 Å². The summed E-state index contributed by atoms with van der Waals surface area (Å²) in [7, 11) is -4.85. The number of nitrogens with zero attached hydrogens (tertiary/aromatic N) is 2. The van der Waals surface area contributed by atoms with E-state index in [4.69, 9.17) is 0 Å². The molecule has 2 N–H and O–H groups in total. The predicted molar refractivity (Wildman–Crippen MR) is 96.7 cm³/mol. The summed E-state index contributed by atoms with van der Waals surface area (Å²) in [5.41, 5.74) is -0.617. The fraction of sp³-hybridized carbons (Fsp3) is 0.400. The predicted octanol–water partition coefficient (Wildman–Crippen LogP) is 2.10. The van der Waals surface area contributed by atoms with Crippen molar-refractivity contribution in [2.75, 3.05) is 11.1 Å². The number of amides is 1. The Balaban J connectivity index is 2.09. The van der Waals surface area contributed by atoms with Gasteiger partial charge in [-0.2, -0.15) is 8.78 Å². The minimum Gasteiger partial charge on any atom is -0.324 e. The van der Waals surface area contributed by atoms with Gasteiger partial charge in [0.05, 0.1) is 16.3 Å². The van der Waals surface area contributed by atoms with E-state index in [2.05, 4.69) is 15.5 Å². The number of sulfone groups is 1. The molecule has 0 unspecified atom stereocenters. The first kappa shape index (κ1) is 21.1. The number of thioether (sulfide) groups is 1. The molecule has 0 aliphatic carbocycles. The first-order valence-corrected chi connectivity index (χ1v) is 10.5. The summed E-state index contributed by atoms with van der Waals surface area (Å²) in [6.45, 7) is 2.42. The van der Waals surface area contributed by atoms with Gasteiger partial charge in [0.2, 0.25) is 15.7 Å². The third-order valence-electron chi connectivity index (χ3n) is 3.49. The van der Waals surface area contributed by atoms with E-state index in [1.54, 1.807) is 0 Å². The second-order valence-corrected chi connectivity index (χ2v) is 8.28. The number of rotatable bonds is 9. The maximum atomic E-state index is 12.8. The Hall–Kier alpha value is -2.21. The van der Waals surface area contributed by atoms with Gasteiger partial charge in [0.15, 0.2) is 5.16 Å². The van der Waals surface area contributed by atoms with Crippen LogP contribution < -0.4 is 11.0 Å². The van der Waals surface area contributed by atoms with Crippen LogP contribution in [0.1, 0.15) is 19.8 Å². The van der Waals surface area contributed by atoms with Crippen LogP contribution in [0.15, 0.2) is 39.1 Å². The van der Waals surface area contributed by atoms with Gasteiger partial charge in [-0.05, 0) is 18.6 Å². The van der Waals surface area contributed by atoms with Crippen LogP contribution in [0.5, 0.6) is 0 Å². The number of benzene rings is 1. The van der Waals surface area contributed by atoms with Crippen LogP contribution in [-0.2, 0) is 21.2 Å². The lowest BCUT2D eigenvalue weighted by atomic mass is 10.3. The molecule has 0 saturated heterocycles. The lowest BCUT2D eigenvalue weighted by Crippen LogP contribution is -2.20. The van der Waals surface area contributed by atoms with Crippen LogP contribution in [0.3, 0.4) is 0 Å². The zero-order valence-corrected chi connectivity index (χ0v) is 15.9. The van der Waals surface area contributed by atoms with Gasteiger partial charge >= 0.3 is 11.4 Å². The lowest BCUT2D eigenvalue weighted by molar-refractivity contribution is -0.113. The summed E-state index contributed by atoms with van der Waals surface area (Å²) in [5.74, 6) is -4.39. The number of carbonyl (C=O) groups excluding carboxylic acids is 1. The molecule has 12 heteroatoms. The SMILES string of the molecule is CCCCn1c(SCC(=O)Nc2ccccc2S(=O)(=O)C(F)F)n[nH]c1=O. The van der Waals surface area contributed by atoms with Gasteiger partial charge in [0, 0.05) is 6.54 Å². The Bertz CT molecular complexity index is 957. The first-order valence-electron chi connectivity index (χ1n) is 7.96. The van der Waals surface area contributed by atoms with Gasteiger partial charge in [0.25, 0.3) is 0 Å². The highest BCUT2D eigenvalue weighted by molar-refractivity contribution is 7.99. The molecule has 0 aliphatic rings. The van der Waals surface area contributed by atoms with Gasteiger partial charge in [-0.25, -0.2) is 18.3 Å². The van der Waals surface area contributed by atoms with Crippen LogP contribution in [0.25, 0.3) is 0 Å². The average molecular weight is 420 g/mol. The standard InChI is InChI=1S/C15H18F2N4O4S2/c1-2-3-8-21-14(23)19-20-15(21)26-9-12(22)18-10-6-4-5-7-11(10)27(24,25)13(16)17/h4-7,13H,2-3,8-9H2,1H3,(H,18,22)(H,19,23). The Labute approximate surface area is 158 Å². The third-order valence-corrected chi connectivity index (χ3v) is 5.91. The largest absolute Gasteiger partial charge is 0.343 e. The molecule has 2 rings (SSSR count). The molecule has 0 fully saturated rings. The van der Waals surface area contributed by atoms with Crippen molar-refractivity contribution < 1.29 is 22.0 Å². The van der Waals surface area contributed by atoms with Gasteiger partial charge in [-0.15, -0.1) is 5.10 Å². The molecule has 1 heterocycles. The molecular weight excluding hydrogens is 402 g/mol. The maximum absolute atomic E-state index is 12.8. The highest BCUT2D eigenvalue weighted by Gasteiger charge is 2.29. The molecule has 27 heavy (non-hydrogen) atoms. The smallest absolute Gasteiger partial charge is 0.324 e. The zero-order valence-electron chi connectivity index (χ0n) is 14.3. The molecule has 0 atom stereocenters. The second-order valence-electron chi connectivity index (χ2n) is 5.46. The van der Waals surface area contributed by atoms with Gasteiger partial charge in [0.1, 0.15) is 0 Å². The number of hydrogen-bond donors (Lipinski definition) is 2. The van der Waals surface area contributed by atoms with E-state index < -0.39 is 26.4 Å². The second kappa shape index (κ2) is 9.13. The quantitative estimate of drug-likeness (QED) is 0.601. The van der Waals surface area contributed by atoms with E-state index in [0.717, 1.165) is 30.7 Å². The number of para-hydroxylation sites is 1. The van der Waals surface area contributed by atoms with E-state index in [0.29, 0.717) is 11.7 Å². The highest BCUT2D eigenvalue weighted by atomic mass is 32.2. The fourth-order valence-electron chi connectivity index (χ4n) is 2.16. The molecule has 0 aliphatic heterocycles. The van der Waals surface area contributed by atoms with E-state index in [-0.39, 0.29) is 17.1 Å². The molecule has 1 amide bonds. The topological polar surface area (TPSA) is 114 Å². The highest BCUT2D eigenvalue weighted by Crippen LogP contribution is 2.26. The van der Waals surface area contributed by atoms with Crippen LogP contribution in [0, 0.1) is 0 Å². The van der Waals surface area contributed by atoms with E-state index in [1.165, 1.54) is 22.8 Å². The minimum atomic E-state index is -4.85. The summed E-state index contributed by atoms with van der Waals surface area (Å²) >= 11 is 0.976. The molecule has 0 bridgehead atoms. The van der Waals surface area contributed by atoms with E-state index in [1.807, 2.05) is 6.92 Å². The third kappa shape index (κ3) is 5.16. The summed E-state index contributed by atoms with van der Waals surface area (Å²) < 4.78 is 50.4. The van der Waals surface area contributed by atoms with Crippen molar-refractivity contribution in [1.29, 1.82) is 0 Å².